The van der Waals surface area contributed by atoms with Crippen molar-refractivity contribution in [2.45, 2.75) is 20.8 Å². The lowest BCUT2D eigenvalue weighted by Gasteiger charge is -2.07. The molecule has 0 aromatic heterocycles. The second kappa shape index (κ2) is 6.80. The van der Waals surface area contributed by atoms with Crippen LogP contribution in [0.4, 0.5) is 5.69 Å². The van der Waals surface area contributed by atoms with E-state index in [1.807, 2.05) is 25.1 Å². The maximum absolute atomic E-state index is 12.2. The molecule has 0 aliphatic rings. The van der Waals surface area contributed by atoms with Crippen molar-refractivity contribution >= 4 is 17.7 Å². The summed E-state index contributed by atoms with van der Waals surface area (Å²) in [6, 6.07) is 12.7. The lowest BCUT2D eigenvalue weighted by atomic mass is 10.0. The molecule has 0 heterocycles. The van der Waals surface area contributed by atoms with Gasteiger partial charge in [0.1, 0.15) is 17.4 Å². The van der Waals surface area contributed by atoms with Crippen LogP contribution in [-0.4, -0.2) is 11.0 Å². The van der Waals surface area contributed by atoms with Crippen LogP contribution in [0.25, 0.3) is 6.08 Å². The molecule has 116 valence electrons. The number of benzene rings is 2. The average Bonchev–Trinajstić information content (AvgIpc) is 2.52. The Bertz CT molecular complexity index is 789. The molecule has 0 saturated heterocycles. The highest BCUT2D eigenvalue weighted by atomic mass is 16.3. The van der Waals surface area contributed by atoms with Crippen molar-refractivity contribution in [1.29, 1.82) is 5.26 Å². The van der Waals surface area contributed by atoms with E-state index in [9.17, 15) is 15.2 Å². The SMILES string of the molecule is Cc1ccc(NC(=O)C(C#N)=Cc2cc(C)c(O)c(C)c2)cc1. The zero-order valence-corrected chi connectivity index (χ0v) is 13.3. The topological polar surface area (TPSA) is 73.1 Å². The number of amides is 1. The average molecular weight is 306 g/mol. The lowest BCUT2D eigenvalue weighted by Crippen LogP contribution is -2.13. The van der Waals surface area contributed by atoms with E-state index in [1.54, 1.807) is 38.1 Å². The first kappa shape index (κ1) is 16.3. The van der Waals surface area contributed by atoms with Gasteiger partial charge in [-0.15, -0.1) is 0 Å². The summed E-state index contributed by atoms with van der Waals surface area (Å²) in [5.41, 5.74) is 3.84. The zero-order chi connectivity index (χ0) is 17.0. The number of nitrogens with zero attached hydrogens (tertiary/aromatic N) is 1. The van der Waals surface area contributed by atoms with Gasteiger partial charge >= 0.3 is 0 Å². The second-order valence-corrected chi connectivity index (χ2v) is 5.49. The van der Waals surface area contributed by atoms with Gasteiger partial charge in [-0.3, -0.25) is 4.79 Å². The molecule has 4 nitrogen and oxygen atoms in total. The highest BCUT2D eigenvalue weighted by Gasteiger charge is 2.10. The minimum atomic E-state index is -0.459. The van der Waals surface area contributed by atoms with Crippen molar-refractivity contribution in [2.24, 2.45) is 0 Å². The zero-order valence-electron chi connectivity index (χ0n) is 13.3. The van der Waals surface area contributed by atoms with Gasteiger partial charge in [-0.2, -0.15) is 5.26 Å². The number of nitriles is 1. The van der Waals surface area contributed by atoms with Crippen LogP contribution in [0.3, 0.4) is 0 Å². The molecule has 0 saturated carbocycles. The van der Waals surface area contributed by atoms with Crippen molar-refractivity contribution in [3.63, 3.8) is 0 Å². The third-order valence-corrected chi connectivity index (χ3v) is 3.50. The molecule has 2 N–H and O–H groups in total. The van der Waals surface area contributed by atoms with Crippen LogP contribution in [-0.2, 0) is 4.79 Å². The molecule has 0 aliphatic carbocycles. The van der Waals surface area contributed by atoms with E-state index in [0.717, 1.165) is 5.56 Å². The number of carbonyl (C=O) groups excluding carboxylic acids is 1. The molecular formula is C19H18N2O2. The molecule has 0 radical (unpaired) electrons. The predicted octanol–water partition coefficient (Wildman–Crippen LogP) is 3.86. The molecule has 0 aliphatic heterocycles. The molecule has 0 spiro atoms. The highest BCUT2D eigenvalue weighted by molar-refractivity contribution is 6.09. The highest BCUT2D eigenvalue weighted by Crippen LogP contribution is 2.24. The Hall–Kier alpha value is -3.06. The minimum Gasteiger partial charge on any atom is -0.507 e. The van der Waals surface area contributed by atoms with Crippen molar-refractivity contribution in [2.75, 3.05) is 5.32 Å². The Morgan fingerprint density at radius 1 is 1.13 bits per heavy atom. The molecule has 4 heteroatoms. The molecule has 0 unspecified atom stereocenters. The van der Waals surface area contributed by atoms with Crippen LogP contribution < -0.4 is 5.32 Å². The Morgan fingerprint density at radius 3 is 2.22 bits per heavy atom. The molecule has 23 heavy (non-hydrogen) atoms. The smallest absolute Gasteiger partial charge is 0.266 e. The molecule has 2 aromatic rings. The van der Waals surface area contributed by atoms with E-state index < -0.39 is 5.91 Å². The van der Waals surface area contributed by atoms with E-state index in [0.29, 0.717) is 22.4 Å². The van der Waals surface area contributed by atoms with Gasteiger partial charge in [-0.1, -0.05) is 17.7 Å². The third-order valence-electron chi connectivity index (χ3n) is 3.50. The summed E-state index contributed by atoms with van der Waals surface area (Å²) >= 11 is 0. The number of hydrogen-bond acceptors (Lipinski definition) is 3. The number of aromatic hydroxyl groups is 1. The Morgan fingerprint density at radius 2 is 1.70 bits per heavy atom. The standard InChI is InChI=1S/C19H18N2O2/c1-12-4-6-17(7-5-12)21-19(23)16(11-20)10-15-8-13(2)18(22)14(3)9-15/h4-10,22H,1-3H3,(H,21,23). The Labute approximate surface area is 135 Å². The number of carbonyl (C=O) groups is 1. The fraction of sp³-hybridized carbons (Fsp3) is 0.158. The van der Waals surface area contributed by atoms with Crippen LogP contribution >= 0.6 is 0 Å². The number of phenols is 1. The summed E-state index contributed by atoms with van der Waals surface area (Å²) in [5.74, 6) is -0.232. The summed E-state index contributed by atoms with van der Waals surface area (Å²) in [7, 11) is 0. The van der Waals surface area contributed by atoms with E-state index in [-0.39, 0.29) is 11.3 Å². The van der Waals surface area contributed by atoms with Gasteiger partial charge in [0.25, 0.3) is 5.91 Å². The van der Waals surface area contributed by atoms with Gasteiger partial charge in [0.05, 0.1) is 0 Å². The minimum absolute atomic E-state index is 0.00932. The van der Waals surface area contributed by atoms with Crippen LogP contribution in [0.15, 0.2) is 42.0 Å². The van der Waals surface area contributed by atoms with E-state index >= 15 is 0 Å². The van der Waals surface area contributed by atoms with Gasteiger partial charge in [0, 0.05) is 5.69 Å². The number of hydrogen-bond donors (Lipinski definition) is 2. The second-order valence-electron chi connectivity index (χ2n) is 5.49. The molecule has 0 bridgehead atoms. The summed E-state index contributed by atoms with van der Waals surface area (Å²) in [6.07, 6.45) is 1.52. The normalized spacial score (nSPS) is 11.0. The fourth-order valence-electron chi connectivity index (χ4n) is 2.22. The number of rotatable bonds is 3. The van der Waals surface area contributed by atoms with Crippen molar-refractivity contribution in [3.05, 3.63) is 64.2 Å². The summed E-state index contributed by atoms with van der Waals surface area (Å²) in [4.78, 5) is 12.2. The molecule has 2 aromatic carbocycles. The number of phenolic OH excluding ortho intramolecular Hbond substituents is 1. The van der Waals surface area contributed by atoms with E-state index in [1.165, 1.54) is 6.08 Å². The van der Waals surface area contributed by atoms with Crippen molar-refractivity contribution in [1.82, 2.24) is 0 Å². The first-order valence-corrected chi connectivity index (χ1v) is 7.20. The molecule has 0 fully saturated rings. The van der Waals surface area contributed by atoms with Gasteiger partial charge < -0.3 is 10.4 Å². The van der Waals surface area contributed by atoms with Crippen LogP contribution in [0.1, 0.15) is 22.3 Å². The van der Waals surface area contributed by atoms with Crippen molar-refractivity contribution < 1.29 is 9.90 Å². The monoisotopic (exact) mass is 306 g/mol. The third kappa shape index (κ3) is 3.98. The van der Waals surface area contributed by atoms with Crippen molar-refractivity contribution in [3.8, 4) is 11.8 Å². The summed E-state index contributed by atoms with van der Waals surface area (Å²) in [5, 5.41) is 21.7. The van der Waals surface area contributed by atoms with Crippen LogP contribution in [0, 0.1) is 32.1 Å². The quantitative estimate of drug-likeness (QED) is 0.668. The Balaban J connectivity index is 2.26. The Kier molecular flexibility index (Phi) is 4.82. The number of anilines is 1. The lowest BCUT2D eigenvalue weighted by molar-refractivity contribution is -0.112. The molecule has 0 atom stereocenters. The van der Waals surface area contributed by atoms with E-state index in [2.05, 4.69) is 5.32 Å². The largest absolute Gasteiger partial charge is 0.507 e. The molecule has 1 amide bonds. The van der Waals surface area contributed by atoms with Gasteiger partial charge in [0.2, 0.25) is 0 Å². The van der Waals surface area contributed by atoms with E-state index in [4.69, 9.17) is 0 Å². The summed E-state index contributed by atoms with van der Waals surface area (Å²) in [6.45, 7) is 5.51. The van der Waals surface area contributed by atoms with Gasteiger partial charge in [0.15, 0.2) is 0 Å². The first-order chi connectivity index (χ1) is 10.9. The fourth-order valence-corrected chi connectivity index (χ4v) is 2.22. The van der Waals surface area contributed by atoms with Gasteiger partial charge in [-0.05, 0) is 67.8 Å². The predicted molar refractivity (Wildman–Crippen MR) is 91.0 cm³/mol. The van der Waals surface area contributed by atoms with Gasteiger partial charge in [-0.25, -0.2) is 0 Å². The summed E-state index contributed by atoms with van der Waals surface area (Å²) < 4.78 is 0. The van der Waals surface area contributed by atoms with Crippen LogP contribution in [0.5, 0.6) is 5.75 Å². The maximum Gasteiger partial charge on any atom is 0.266 e. The maximum atomic E-state index is 12.2. The first-order valence-electron chi connectivity index (χ1n) is 7.20. The van der Waals surface area contributed by atoms with Crippen LogP contribution in [0.2, 0.25) is 0 Å². The number of aryl methyl sites for hydroxylation is 3. The number of nitrogens with one attached hydrogen (secondary N) is 1. The molecule has 2 rings (SSSR count). The molecular weight excluding hydrogens is 288 g/mol.